The molecule has 1 aromatic heterocycles. The minimum absolute atomic E-state index is 0.0523. The second-order valence-electron chi connectivity index (χ2n) is 8.41. The van der Waals surface area contributed by atoms with Gasteiger partial charge in [-0.1, -0.05) is 36.4 Å². The van der Waals surface area contributed by atoms with Gasteiger partial charge in [-0.25, -0.2) is 0 Å². The summed E-state index contributed by atoms with van der Waals surface area (Å²) in [4.78, 5) is 26.2. The number of benzene rings is 3. The molecule has 37 heavy (non-hydrogen) atoms. The zero-order chi connectivity index (χ0) is 25.6. The molecule has 4 aromatic rings. The van der Waals surface area contributed by atoms with Crippen LogP contribution in [0, 0.1) is 0 Å². The van der Waals surface area contributed by atoms with Crippen molar-refractivity contribution in [2.24, 2.45) is 0 Å². The van der Waals surface area contributed by atoms with E-state index in [1.54, 1.807) is 19.2 Å². The molecule has 0 radical (unpaired) electrons. The van der Waals surface area contributed by atoms with Crippen molar-refractivity contribution in [1.82, 2.24) is 15.2 Å². The van der Waals surface area contributed by atoms with Crippen molar-refractivity contribution in [3.63, 3.8) is 0 Å². The molecule has 0 atom stereocenters. The van der Waals surface area contributed by atoms with E-state index in [2.05, 4.69) is 15.2 Å². The standard InChI is InChI=1S/C28H27N3O5S/c1-34-23-9-5-3-7-21(23)28(33)29-12-13-31-16-26(20-6-2-4-8-22(20)31)37-17-27(32)30-15-19-10-11-24-25(14-19)36-18-35-24/h2-11,14,16H,12-13,15,17-18H2,1H3,(H,29,33)(H,30,32). The number of hydrogen-bond acceptors (Lipinski definition) is 6. The van der Waals surface area contributed by atoms with Gasteiger partial charge in [0.05, 0.1) is 18.4 Å². The van der Waals surface area contributed by atoms with Gasteiger partial charge in [0.2, 0.25) is 12.7 Å². The number of fused-ring (bicyclic) bond motifs is 2. The first-order valence-electron chi connectivity index (χ1n) is 11.9. The molecule has 5 rings (SSSR count). The number of carbonyl (C=O) groups is 2. The zero-order valence-corrected chi connectivity index (χ0v) is 21.2. The number of aromatic nitrogens is 1. The summed E-state index contributed by atoms with van der Waals surface area (Å²) in [7, 11) is 1.55. The smallest absolute Gasteiger partial charge is 0.255 e. The minimum atomic E-state index is -0.178. The number of nitrogens with one attached hydrogen (secondary N) is 2. The fraction of sp³-hybridized carbons (Fsp3) is 0.214. The molecule has 0 bridgehead atoms. The molecule has 3 aromatic carbocycles. The summed E-state index contributed by atoms with van der Waals surface area (Å²) in [5, 5.41) is 7.01. The Morgan fingerprint density at radius 1 is 1.00 bits per heavy atom. The summed E-state index contributed by atoms with van der Waals surface area (Å²) >= 11 is 1.49. The number of nitrogens with zero attached hydrogens (tertiary/aromatic N) is 1. The van der Waals surface area contributed by atoms with Crippen molar-refractivity contribution < 1.29 is 23.8 Å². The molecule has 0 saturated heterocycles. The maximum atomic E-state index is 12.6. The number of carbonyl (C=O) groups excluding carboxylic acids is 2. The van der Waals surface area contributed by atoms with E-state index >= 15 is 0 Å². The highest BCUT2D eigenvalue weighted by atomic mass is 32.2. The normalized spacial score (nSPS) is 11.9. The molecule has 190 valence electrons. The Labute approximate surface area is 218 Å². The highest BCUT2D eigenvalue weighted by molar-refractivity contribution is 8.00. The number of rotatable bonds is 10. The lowest BCUT2D eigenvalue weighted by molar-refractivity contribution is -0.118. The van der Waals surface area contributed by atoms with Gasteiger partial charge in [0.15, 0.2) is 11.5 Å². The second-order valence-corrected chi connectivity index (χ2v) is 9.43. The number of amides is 2. The van der Waals surface area contributed by atoms with Gasteiger partial charge in [-0.15, -0.1) is 11.8 Å². The van der Waals surface area contributed by atoms with Crippen LogP contribution in [0.5, 0.6) is 17.2 Å². The van der Waals surface area contributed by atoms with Gasteiger partial charge in [-0.3, -0.25) is 9.59 Å². The molecule has 2 heterocycles. The molecule has 0 unspecified atom stereocenters. The minimum Gasteiger partial charge on any atom is -0.496 e. The third-order valence-corrected chi connectivity index (χ3v) is 7.07. The first-order valence-corrected chi connectivity index (χ1v) is 12.9. The van der Waals surface area contributed by atoms with Crippen molar-refractivity contribution in [2.45, 2.75) is 18.0 Å². The van der Waals surface area contributed by atoms with Crippen molar-refractivity contribution >= 4 is 34.5 Å². The van der Waals surface area contributed by atoms with Crippen molar-refractivity contribution in [2.75, 3.05) is 26.2 Å². The van der Waals surface area contributed by atoms with E-state index < -0.39 is 0 Å². The summed E-state index contributed by atoms with van der Waals surface area (Å²) in [6.45, 7) is 1.70. The average Bonchev–Trinajstić information content (AvgIpc) is 3.55. The SMILES string of the molecule is COc1ccccc1C(=O)NCCn1cc(SCC(=O)NCc2ccc3c(c2)OCO3)c2ccccc21. The second kappa shape index (κ2) is 11.3. The zero-order valence-electron chi connectivity index (χ0n) is 20.4. The van der Waals surface area contributed by atoms with Crippen LogP contribution in [0.15, 0.2) is 77.8 Å². The van der Waals surface area contributed by atoms with Crippen LogP contribution in [-0.4, -0.2) is 42.6 Å². The quantitative estimate of drug-likeness (QED) is 0.306. The fourth-order valence-electron chi connectivity index (χ4n) is 4.18. The van der Waals surface area contributed by atoms with Gasteiger partial charge in [-0.2, -0.15) is 0 Å². The Balaban J connectivity index is 1.17. The number of thioether (sulfide) groups is 1. The van der Waals surface area contributed by atoms with Crippen LogP contribution in [0.4, 0.5) is 0 Å². The van der Waals surface area contributed by atoms with Gasteiger partial charge in [0, 0.05) is 41.6 Å². The van der Waals surface area contributed by atoms with E-state index in [9.17, 15) is 9.59 Å². The van der Waals surface area contributed by atoms with Crippen LogP contribution in [0.25, 0.3) is 10.9 Å². The van der Waals surface area contributed by atoms with Gasteiger partial charge in [-0.05, 0) is 35.9 Å². The van der Waals surface area contributed by atoms with Gasteiger partial charge in [0.1, 0.15) is 5.75 Å². The molecular weight excluding hydrogens is 490 g/mol. The van der Waals surface area contributed by atoms with Crippen LogP contribution in [0.1, 0.15) is 15.9 Å². The van der Waals surface area contributed by atoms with Crippen molar-refractivity contribution in [1.29, 1.82) is 0 Å². The lowest BCUT2D eigenvalue weighted by Gasteiger charge is -2.10. The Morgan fingerprint density at radius 3 is 2.70 bits per heavy atom. The first kappa shape index (κ1) is 24.6. The van der Waals surface area contributed by atoms with Crippen molar-refractivity contribution in [3.05, 3.63) is 84.1 Å². The number of hydrogen-bond donors (Lipinski definition) is 2. The summed E-state index contributed by atoms with van der Waals surface area (Å²) in [5.41, 5.74) is 2.51. The molecule has 0 spiro atoms. The van der Waals surface area contributed by atoms with Gasteiger partial charge in [0.25, 0.3) is 5.91 Å². The Morgan fingerprint density at radius 2 is 1.81 bits per heavy atom. The van der Waals surface area contributed by atoms with E-state index in [0.717, 1.165) is 27.1 Å². The summed E-state index contributed by atoms with van der Waals surface area (Å²) in [6, 6.07) is 20.9. The number of ether oxygens (including phenoxy) is 3. The van der Waals surface area contributed by atoms with Crippen LogP contribution in [-0.2, 0) is 17.9 Å². The van der Waals surface area contributed by atoms with E-state index in [-0.39, 0.29) is 18.6 Å². The first-order chi connectivity index (χ1) is 18.1. The highest BCUT2D eigenvalue weighted by Crippen LogP contribution is 2.33. The molecule has 0 saturated carbocycles. The molecule has 1 aliphatic heterocycles. The van der Waals surface area contributed by atoms with Crippen LogP contribution >= 0.6 is 11.8 Å². The molecule has 2 amide bonds. The highest BCUT2D eigenvalue weighted by Gasteiger charge is 2.15. The van der Waals surface area contributed by atoms with Crippen LogP contribution in [0.3, 0.4) is 0 Å². The molecular formula is C28H27N3O5S. The Hall–Kier alpha value is -4.11. The monoisotopic (exact) mass is 517 g/mol. The number of para-hydroxylation sites is 2. The predicted octanol–water partition coefficient (Wildman–Crippen LogP) is 4.22. The maximum Gasteiger partial charge on any atom is 0.255 e. The Kier molecular flexibility index (Phi) is 7.51. The van der Waals surface area contributed by atoms with E-state index in [1.165, 1.54) is 11.8 Å². The Bertz CT molecular complexity index is 1430. The molecule has 9 heteroatoms. The van der Waals surface area contributed by atoms with E-state index in [4.69, 9.17) is 14.2 Å². The maximum absolute atomic E-state index is 12.6. The van der Waals surface area contributed by atoms with Crippen molar-refractivity contribution in [3.8, 4) is 17.2 Å². The third-order valence-electron chi connectivity index (χ3n) is 6.03. The van der Waals surface area contributed by atoms with Gasteiger partial charge < -0.3 is 29.4 Å². The van der Waals surface area contributed by atoms with Gasteiger partial charge >= 0.3 is 0 Å². The average molecular weight is 518 g/mol. The molecule has 0 aliphatic carbocycles. The summed E-state index contributed by atoms with van der Waals surface area (Å²) in [5.74, 6) is 2.03. The molecule has 2 N–H and O–H groups in total. The van der Waals surface area contributed by atoms with E-state index in [1.807, 2.05) is 60.8 Å². The lowest BCUT2D eigenvalue weighted by Crippen LogP contribution is -2.27. The topological polar surface area (TPSA) is 90.8 Å². The summed E-state index contributed by atoms with van der Waals surface area (Å²) in [6.07, 6.45) is 2.04. The lowest BCUT2D eigenvalue weighted by atomic mass is 10.2. The number of methoxy groups -OCH3 is 1. The predicted molar refractivity (Wildman–Crippen MR) is 142 cm³/mol. The largest absolute Gasteiger partial charge is 0.496 e. The molecule has 1 aliphatic rings. The fourth-order valence-corrected chi connectivity index (χ4v) is 5.09. The summed E-state index contributed by atoms with van der Waals surface area (Å²) < 4.78 is 18.1. The third kappa shape index (κ3) is 5.67. The molecule has 0 fully saturated rings. The van der Waals surface area contributed by atoms with Crippen LogP contribution in [0.2, 0.25) is 0 Å². The van der Waals surface area contributed by atoms with E-state index in [0.29, 0.717) is 42.4 Å². The molecule has 8 nitrogen and oxygen atoms in total. The van der Waals surface area contributed by atoms with Crippen LogP contribution < -0.4 is 24.8 Å².